The molecule has 6 aromatic rings. The van der Waals surface area contributed by atoms with Crippen molar-refractivity contribution < 1.29 is 27.0 Å². The summed E-state index contributed by atoms with van der Waals surface area (Å²) in [5.41, 5.74) is 10.2. The van der Waals surface area contributed by atoms with Gasteiger partial charge in [-0.2, -0.15) is 0 Å². The van der Waals surface area contributed by atoms with Gasteiger partial charge in [0.1, 0.15) is 16.8 Å². The van der Waals surface area contributed by atoms with Crippen molar-refractivity contribution in [1.29, 1.82) is 0 Å². The van der Waals surface area contributed by atoms with Gasteiger partial charge in [-0.25, -0.2) is 22.5 Å². The summed E-state index contributed by atoms with van der Waals surface area (Å²) < 4.78 is 70.2. The van der Waals surface area contributed by atoms with E-state index in [1.54, 1.807) is 19.2 Å². The molecule has 0 aliphatic carbocycles. The third kappa shape index (κ3) is 7.04. The Kier molecular flexibility index (Phi) is 10.8. The fourth-order valence-electron chi connectivity index (χ4n) is 5.42. The fourth-order valence-corrected chi connectivity index (χ4v) is 5.57. The van der Waals surface area contributed by atoms with Crippen molar-refractivity contribution >= 4 is 44.8 Å². The van der Waals surface area contributed by atoms with Gasteiger partial charge in [0.05, 0.1) is 57.9 Å². The molecule has 4 N–H and O–H groups in total. The lowest BCUT2D eigenvalue weighted by Crippen LogP contribution is -2.25. The van der Waals surface area contributed by atoms with Crippen LogP contribution in [-0.2, 0) is 22.6 Å². The molecule has 10 nitrogen and oxygen atoms in total. The van der Waals surface area contributed by atoms with Crippen LogP contribution in [0.25, 0.3) is 44.1 Å². The summed E-state index contributed by atoms with van der Waals surface area (Å²) in [7, 11) is 3.00. The SMILES string of the molecule is COCCn1c(=O)c(-c2c(F)ccc(N)c2F)cc2cnc(C)cc21.COCCn1c(=O)c(-c2c(F)ccc(N)c2F)cc2cnc(Cl)cc21. The van der Waals surface area contributed by atoms with E-state index in [2.05, 4.69) is 9.97 Å². The summed E-state index contributed by atoms with van der Waals surface area (Å²) in [6.45, 7) is 2.75. The number of aryl methyl sites for hydroxylation is 1. The first-order valence-corrected chi connectivity index (χ1v) is 15.4. The van der Waals surface area contributed by atoms with Crippen molar-refractivity contribution in [3.8, 4) is 22.3 Å². The van der Waals surface area contributed by atoms with Crippen molar-refractivity contribution in [3.63, 3.8) is 0 Å². The number of halogens is 5. The lowest BCUT2D eigenvalue weighted by Gasteiger charge is -2.14. The highest BCUT2D eigenvalue weighted by atomic mass is 35.5. The van der Waals surface area contributed by atoms with Crippen LogP contribution in [0.15, 0.2) is 70.5 Å². The quantitative estimate of drug-likeness (QED) is 0.110. The Labute approximate surface area is 287 Å². The van der Waals surface area contributed by atoms with Gasteiger partial charge >= 0.3 is 0 Å². The van der Waals surface area contributed by atoms with E-state index in [1.807, 2.05) is 0 Å². The number of anilines is 2. The zero-order valence-corrected chi connectivity index (χ0v) is 27.8. The molecule has 6 rings (SSSR count). The van der Waals surface area contributed by atoms with Crippen LogP contribution in [0.4, 0.5) is 28.9 Å². The topological polar surface area (TPSA) is 140 Å². The Morgan fingerprint density at radius 2 is 1.14 bits per heavy atom. The number of nitrogen functional groups attached to an aromatic ring is 2. The van der Waals surface area contributed by atoms with Gasteiger partial charge in [0.2, 0.25) is 0 Å². The number of methoxy groups -OCH3 is 2. The average molecular weight is 711 g/mol. The predicted octanol–water partition coefficient (Wildman–Crippen LogP) is 6.10. The molecule has 4 heterocycles. The molecule has 15 heteroatoms. The van der Waals surface area contributed by atoms with Gasteiger partial charge in [-0.1, -0.05) is 11.6 Å². The molecule has 0 radical (unpaired) electrons. The first-order valence-electron chi connectivity index (χ1n) is 15.0. The molecule has 2 aromatic carbocycles. The second-order valence-electron chi connectivity index (χ2n) is 11.1. The number of rotatable bonds is 8. The molecule has 0 spiro atoms. The molecular formula is C35H31ClF4N6O4. The van der Waals surface area contributed by atoms with Gasteiger partial charge in [0, 0.05) is 56.2 Å². The minimum Gasteiger partial charge on any atom is -0.396 e. The smallest absolute Gasteiger partial charge is 0.259 e. The highest BCUT2D eigenvalue weighted by Gasteiger charge is 2.21. The van der Waals surface area contributed by atoms with Crippen molar-refractivity contribution in [3.05, 3.63) is 116 Å². The Balaban J connectivity index is 0.000000194. The van der Waals surface area contributed by atoms with Crippen LogP contribution in [0.1, 0.15) is 5.69 Å². The van der Waals surface area contributed by atoms with E-state index in [-0.39, 0.29) is 54.0 Å². The van der Waals surface area contributed by atoms with Crippen molar-refractivity contribution in [2.75, 3.05) is 38.9 Å². The molecule has 0 aliphatic heterocycles. The van der Waals surface area contributed by atoms with E-state index in [0.29, 0.717) is 21.8 Å². The van der Waals surface area contributed by atoms with Crippen molar-refractivity contribution in [2.24, 2.45) is 0 Å². The third-order valence-electron chi connectivity index (χ3n) is 7.88. The first-order chi connectivity index (χ1) is 23.9. The predicted molar refractivity (Wildman–Crippen MR) is 185 cm³/mol. The summed E-state index contributed by atoms with van der Waals surface area (Å²) >= 11 is 5.91. The van der Waals surface area contributed by atoms with Crippen LogP contribution in [0.3, 0.4) is 0 Å². The molecule has 0 unspecified atom stereocenters. The second kappa shape index (κ2) is 15.1. The van der Waals surface area contributed by atoms with E-state index < -0.39 is 45.5 Å². The number of pyridine rings is 4. The molecule has 260 valence electrons. The summed E-state index contributed by atoms with van der Waals surface area (Å²) in [6.07, 6.45) is 3.00. The van der Waals surface area contributed by atoms with E-state index in [1.165, 1.54) is 47.7 Å². The number of hydrogen-bond acceptors (Lipinski definition) is 8. The van der Waals surface area contributed by atoms with Crippen LogP contribution < -0.4 is 22.6 Å². The Hall–Kier alpha value is -5.31. The molecular weight excluding hydrogens is 680 g/mol. The van der Waals surface area contributed by atoms with Gasteiger partial charge in [-0.05, 0) is 55.5 Å². The second-order valence-corrected chi connectivity index (χ2v) is 11.5. The molecule has 0 aliphatic rings. The molecule has 4 aromatic heterocycles. The monoisotopic (exact) mass is 710 g/mol. The Bertz CT molecular complexity index is 2200. The summed E-state index contributed by atoms with van der Waals surface area (Å²) in [5, 5.41) is 1.31. The van der Waals surface area contributed by atoms with Gasteiger partial charge in [0.25, 0.3) is 11.1 Å². The number of nitrogens with zero attached hydrogens (tertiary/aromatic N) is 4. The van der Waals surface area contributed by atoms with Gasteiger partial charge in [-0.15, -0.1) is 0 Å². The van der Waals surface area contributed by atoms with Crippen molar-refractivity contribution in [2.45, 2.75) is 20.0 Å². The van der Waals surface area contributed by atoms with Crippen LogP contribution in [-0.4, -0.2) is 46.5 Å². The van der Waals surface area contributed by atoms with Gasteiger partial charge < -0.3 is 30.1 Å². The highest BCUT2D eigenvalue weighted by Crippen LogP contribution is 2.31. The van der Waals surface area contributed by atoms with E-state index >= 15 is 0 Å². The number of nitrogens with two attached hydrogens (primary N) is 2. The molecule has 0 saturated carbocycles. The molecule has 0 atom stereocenters. The first kappa shape index (κ1) is 36.0. The van der Waals surface area contributed by atoms with Crippen LogP contribution in [0.5, 0.6) is 0 Å². The Morgan fingerprint density at radius 3 is 1.60 bits per heavy atom. The fraction of sp³-hybridized carbons (Fsp3) is 0.200. The number of hydrogen-bond donors (Lipinski definition) is 2. The zero-order chi connectivity index (χ0) is 36.3. The van der Waals surface area contributed by atoms with Crippen LogP contribution in [0, 0.1) is 30.2 Å². The largest absolute Gasteiger partial charge is 0.396 e. The number of benzene rings is 2. The minimum absolute atomic E-state index is 0.100. The molecule has 50 heavy (non-hydrogen) atoms. The number of aromatic nitrogens is 4. The normalized spacial score (nSPS) is 11.2. The zero-order valence-electron chi connectivity index (χ0n) is 27.1. The van der Waals surface area contributed by atoms with E-state index in [4.69, 9.17) is 32.5 Å². The van der Waals surface area contributed by atoms with Gasteiger partial charge in [-0.3, -0.25) is 14.6 Å². The van der Waals surface area contributed by atoms with Crippen molar-refractivity contribution in [1.82, 2.24) is 19.1 Å². The maximum atomic E-state index is 14.4. The summed E-state index contributed by atoms with van der Waals surface area (Å²) in [4.78, 5) is 34.0. The molecule has 0 amide bonds. The van der Waals surface area contributed by atoms with E-state index in [0.717, 1.165) is 30.0 Å². The lowest BCUT2D eigenvalue weighted by molar-refractivity contribution is 0.187. The Morgan fingerprint density at radius 1 is 0.700 bits per heavy atom. The third-order valence-corrected chi connectivity index (χ3v) is 8.08. The minimum atomic E-state index is -0.975. The standard InChI is InChI=1S/C18H17F2N3O2.C17H14ClF2N3O2/c1-10-7-15-11(9-22-10)8-12(18(24)23(15)5-6-25-2)16-13(19)3-4-14(21)17(16)20;1-25-5-4-23-13-7-14(18)22-8-9(13)6-10(17(23)24)15-11(19)2-3-12(21)16(15)20/h3-4,7-9H,5-6,21H2,1-2H3;2-3,6-8H,4-5,21H2,1H3. The average Bonchev–Trinajstić information content (AvgIpc) is 3.09. The lowest BCUT2D eigenvalue weighted by atomic mass is 10.0. The number of ether oxygens (including phenoxy) is 2. The summed E-state index contributed by atoms with van der Waals surface area (Å²) in [5.74, 6) is -3.64. The molecule has 0 saturated heterocycles. The highest BCUT2D eigenvalue weighted by molar-refractivity contribution is 6.30. The summed E-state index contributed by atoms with van der Waals surface area (Å²) in [6, 6.07) is 10.4. The molecule has 0 bridgehead atoms. The van der Waals surface area contributed by atoms with E-state index in [9.17, 15) is 27.2 Å². The maximum Gasteiger partial charge on any atom is 0.259 e. The number of fused-ring (bicyclic) bond motifs is 2. The molecule has 0 fully saturated rings. The van der Waals surface area contributed by atoms with Crippen LogP contribution >= 0.6 is 11.6 Å². The van der Waals surface area contributed by atoms with Gasteiger partial charge in [0.15, 0.2) is 11.6 Å². The maximum absolute atomic E-state index is 14.4. The van der Waals surface area contributed by atoms with Crippen LogP contribution in [0.2, 0.25) is 5.15 Å².